The molecule has 6 nitrogen and oxygen atoms in total. The maximum Gasteiger partial charge on any atom is 0.214 e. The average molecular weight is 453 g/mol. The van der Waals surface area contributed by atoms with E-state index in [0.717, 1.165) is 22.5 Å². The minimum Gasteiger partial charge on any atom is -0.493 e. The molecule has 2 N–H and O–H groups in total. The maximum atomic E-state index is 6.04. The summed E-state index contributed by atoms with van der Waals surface area (Å²) in [6.45, 7) is 0.928. The number of rotatable bonds is 8. The van der Waals surface area contributed by atoms with E-state index < -0.39 is 0 Å². The van der Waals surface area contributed by atoms with Crippen LogP contribution in [0.2, 0.25) is 5.02 Å². The van der Waals surface area contributed by atoms with Crippen LogP contribution in [0.15, 0.2) is 72.8 Å². The van der Waals surface area contributed by atoms with Gasteiger partial charge in [-0.3, -0.25) is 0 Å². The van der Waals surface area contributed by atoms with E-state index in [1.165, 1.54) is 0 Å². The molecule has 8 heteroatoms. The van der Waals surface area contributed by atoms with E-state index in [4.69, 9.17) is 33.3 Å². The Balaban J connectivity index is 1.47. The molecule has 1 heterocycles. The molecule has 31 heavy (non-hydrogen) atoms. The Kier molecular flexibility index (Phi) is 6.54. The Hall–Kier alpha value is -3.29. The first-order valence-corrected chi connectivity index (χ1v) is 10.4. The molecule has 0 saturated heterocycles. The molecule has 0 aliphatic carbocycles. The highest BCUT2D eigenvalue weighted by atomic mass is 35.5. The molecule has 3 aromatic carbocycles. The maximum absolute atomic E-state index is 6.04. The van der Waals surface area contributed by atoms with E-state index in [0.29, 0.717) is 34.4 Å². The smallest absolute Gasteiger partial charge is 0.214 e. The molecule has 0 amide bonds. The topological polar surface area (TPSA) is 64.1 Å². The molecule has 0 saturated carbocycles. The summed E-state index contributed by atoms with van der Waals surface area (Å²) in [5.41, 5.74) is 6.28. The van der Waals surface area contributed by atoms with Crippen molar-refractivity contribution in [3.63, 3.8) is 0 Å². The van der Waals surface area contributed by atoms with Crippen molar-refractivity contribution < 1.29 is 9.47 Å². The summed E-state index contributed by atoms with van der Waals surface area (Å²) in [6, 6.07) is 23.3. The first-order chi connectivity index (χ1) is 15.1. The number of benzene rings is 3. The predicted molar refractivity (Wildman–Crippen MR) is 125 cm³/mol. The van der Waals surface area contributed by atoms with Gasteiger partial charge in [0, 0.05) is 10.6 Å². The lowest BCUT2D eigenvalue weighted by molar-refractivity contribution is 0.284. The van der Waals surface area contributed by atoms with Gasteiger partial charge in [-0.15, -0.1) is 0 Å². The van der Waals surface area contributed by atoms with Crippen molar-refractivity contribution in [2.45, 2.75) is 13.2 Å². The van der Waals surface area contributed by atoms with Gasteiger partial charge in [-0.25, -0.2) is 9.77 Å². The molecule has 4 rings (SSSR count). The molecule has 0 fully saturated rings. The summed E-state index contributed by atoms with van der Waals surface area (Å²) < 4.78 is 13.7. The highest BCUT2D eigenvalue weighted by Gasteiger charge is 2.10. The number of hydrogen-bond acceptors (Lipinski definition) is 5. The van der Waals surface area contributed by atoms with E-state index in [-0.39, 0.29) is 0 Å². The van der Waals surface area contributed by atoms with Crippen molar-refractivity contribution >= 4 is 23.8 Å². The van der Waals surface area contributed by atoms with E-state index in [1.807, 2.05) is 72.8 Å². The van der Waals surface area contributed by atoms with Crippen LogP contribution in [0.25, 0.3) is 11.4 Å². The van der Waals surface area contributed by atoms with Gasteiger partial charge in [0.1, 0.15) is 6.61 Å². The van der Waals surface area contributed by atoms with Crippen LogP contribution >= 0.6 is 23.8 Å². The molecule has 0 radical (unpaired) electrons. The predicted octanol–water partition coefficient (Wildman–Crippen LogP) is 5.59. The SMILES string of the molecule is COc1cc(CNn2c(-c3ccccc3)n[nH]c2=S)ccc1OCc1cccc(Cl)c1. The fourth-order valence-electron chi connectivity index (χ4n) is 3.12. The zero-order chi connectivity index (χ0) is 21.6. The number of nitrogens with one attached hydrogen (secondary N) is 2. The van der Waals surface area contributed by atoms with Gasteiger partial charge in [-0.2, -0.15) is 5.10 Å². The normalized spacial score (nSPS) is 10.6. The second-order valence-corrected chi connectivity index (χ2v) is 7.62. The fourth-order valence-corrected chi connectivity index (χ4v) is 3.53. The zero-order valence-electron chi connectivity index (χ0n) is 16.8. The number of H-pyrrole nitrogens is 1. The molecule has 0 bridgehead atoms. The Morgan fingerprint density at radius 3 is 2.61 bits per heavy atom. The third kappa shape index (κ3) is 5.07. The van der Waals surface area contributed by atoms with Gasteiger partial charge in [0.2, 0.25) is 4.77 Å². The summed E-state index contributed by atoms with van der Waals surface area (Å²) >= 11 is 11.4. The lowest BCUT2D eigenvalue weighted by atomic mass is 10.2. The molecule has 0 spiro atoms. The standard InChI is InChI=1S/C23H21ClN4O2S/c1-29-21-13-16(10-11-20(21)30-15-17-6-5-9-19(24)12-17)14-25-28-22(26-27-23(28)31)18-7-3-2-4-8-18/h2-13,25H,14-15H2,1H3,(H,27,31). The van der Waals surface area contributed by atoms with Gasteiger partial charge in [-0.05, 0) is 47.6 Å². The van der Waals surface area contributed by atoms with Crippen molar-refractivity contribution in [2.24, 2.45) is 0 Å². The van der Waals surface area contributed by atoms with Crippen LogP contribution in [0.4, 0.5) is 0 Å². The second-order valence-electron chi connectivity index (χ2n) is 6.79. The molecule has 0 aliphatic rings. The van der Waals surface area contributed by atoms with Crippen LogP contribution in [0.1, 0.15) is 11.1 Å². The second kappa shape index (κ2) is 9.68. The number of aromatic nitrogens is 3. The van der Waals surface area contributed by atoms with Crippen LogP contribution < -0.4 is 14.9 Å². The van der Waals surface area contributed by atoms with Crippen molar-refractivity contribution in [1.29, 1.82) is 0 Å². The van der Waals surface area contributed by atoms with E-state index >= 15 is 0 Å². The summed E-state index contributed by atoms with van der Waals surface area (Å²) in [5, 5.41) is 7.86. The van der Waals surface area contributed by atoms with Crippen molar-refractivity contribution in [1.82, 2.24) is 14.9 Å². The lowest BCUT2D eigenvalue weighted by Gasteiger charge is -2.14. The number of hydrogen-bond donors (Lipinski definition) is 2. The largest absolute Gasteiger partial charge is 0.493 e. The molecular formula is C23H21ClN4O2S. The first kappa shape index (κ1) is 21.0. The fraction of sp³-hybridized carbons (Fsp3) is 0.130. The van der Waals surface area contributed by atoms with E-state index in [1.54, 1.807) is 11.8 Å². The number of methoxy groups -OCH3 is 1. The van der Waals surface area contributed by atoms with Crippen LogP contribution in [0, 0.1) is 4.77 Å². The first-order valence-electron chi connectivity index (χ1n) is 9.65. The Labute approximate surface area is 190 Å². The molecule has 0 aliphatic heterocycles. The highest BCUT2D eigenvalue weighted by Crippen LogP contribution is 2.29. The Bertz CT molecular complexity index is 1220. The van der Waals surface area contributed by atoms with Crippen molar-refractivity contribution in [3.8, 4) is 22.9 Å². The highest BCUT2D eigenvalue weighted by molar-refractivity contribution is 7.71. The minimum absolute atomic E-state index is 0.402. The Morgan fingerprint density at radius 2 is 1.84 bits per heavy atom. The Morgan fingerprint density at radius 1 is 1.00 bits per heavy atom. The van der Waals surface area contributed by atoms with E-state index in [2.05, 4.69) is 15.6 Å². The summed E-state index contributed by atoms with van der Waals surface area (Å²) in [7, 11) is 1.62. The number of ether oxygens (including phenoxy) is 2. The monoisotopic (exact) mass is 452 g/mol. The number of halogens is 1. The van der Waals surface area contributed by atoms with Crippen LogP contribution in [0.3, 0.4) is 0 Å². The zero-order valence-corrected chi connectivity index (χ0v) is 18.4. The van der Waals surface area contributed by atoms with Gasteiger partial charge in [0.25, 0.3) is 0 Å². The lowest BCUT2D eigenvalue weighted by Crippen LogP contribution is -2.16. The van der Waals surface area contributed by atoms with Gasteiger partial charge < -0.3 is 14.9 Å². The van der Waals surface area contributed by atoms with Crippen LogP contribution in [0.5, 0.6) is 11.5 Å². The molecule has 1 aromatic heterocycles. The van der Waals surface area contributed by atoms with Gasteiger partial charge in [0.05, 0.1) is 13.7 Å². The third-order valence-corrected chi connectivity index (χ3v) is 5.17. The quantitative estimate of drug-likeness (QED) is 0.341. The minimum atomic E-state index is 0.402. The summed E-state index contributed by atoms with van der Waals surface area (Å²) in [4.78, 5) is 0. The van der Waals surface area contributed by atoms with E-state index in [9.17, 15) is 0 Å². The van der Waals surface area contributed by atoms with Crippen molar-refractivity contribution in [2.75, 3.05) is 12.5 Å². The summed E-state index contributed by atoms with van der Waals surface area (Å²) in [6.07, 6.45) is 0. The molecular weight excluding hydrogens is 432 g/mol. The molecule has 0 unspecified atom stereocenters. The third-order valence-electron chi connectivity index (χ3n) is 4.66. The van der Waals surface area contributed by atoms with Gasteiger partial charge >= 0.3 is 0 Å². The number of nitrogens with zero attached hydrogens (tertiary/aromatic N) is 2. The average Bonchev–Trinajstić information content (AvgIpc) is 3.17. The van der Waals surface area contributed by atoms with Gasteiger partial charge in [0.15, 0.2) is 17.3 Å². The molecule has 4 aromatic rings. The van der Waals surface area contributed by atoms with Crippen LogP contribution in [-0.2, 0) is 13.2 Å². The van der Waals surface area contributed by atoms with Crippen LogP contribution in [-0.4, -0.2) is 22.0 Å². The van der Waals surface area contributed by atoms with Crippen molar-refractivity contribution in [3.05, 3.63) is 93.7 Å². The summed E-state index contributed by atoms with van der Waals surface area (Å²) in [5.74, 6) is 2.04. The number of aromatic amines is 1. The molecule has 158 valence electrons. The van der Waals surface area contributed by atoms with Gasteiger partial charge in [-0.1, -0.05) is 60.1 Å². The molecule has 0 atom stereocenters.